The molecule has 0 aromatic carbocycles. The van der Waals surface area contributed by atoms with Crippen molar-refractivity contribution >= 4 is 34.4 Å². The normalized spacial score (nSPS) is 24.2. The molecule has 0 amide bonds. The third kappa shape index (κ3) is 3.14. The first-order valence-corrected chi connectivity index (χ1v) is 7.63. The van der Waals surface area contributed by atoms with Gasteiger partial charge in [0.2, 0.25) is 5.13 Å². The average molecular weight is 287 g/mol. The van der Waals surface area contributed by atoms with Crippen LogP contribution in [0.1, 0.15) is 33.0 Å². The van der Waals surface area contributed by atoms with E-state index in [1.54, 1.807) is 0 Å². The molecule has 1 aliphatic heterocycles. The molecule has 1 aromatic heterocycles. The number of carboxylic acids is 1. The highest BCUT2D eigenvalue weighted by atomic mass is 32.2. The van der Waals surface area contributed by atoms with Crippen molar-refractivity contribution in [3.05, 3.63) is 5.82 Å². The standard InChI is InChI=1S/C11H17N3O2S2/c1-11(2,3)9-13-10(18-14-9)12-6-4-7(8(15)16)17-5-6/h6-7H,4-5H2,1-3H3,(H,15,16)(H,12,13,14)/t6-,7-/m0/s1. The van der Waals surface area contributed by atoms with E-state index in [0.717, 1.165) is 16.7 Å². The second-order valence-corrected chi connectivity index (χ2v) is 7.40. The molecule has 0 bridgehead atoms. The largest absolute Gasteiger partial charge is 0.480 e. The Balaban J connectivity index is 1.95. The summed E-state index contributed by atoms with van der Waals surface area (Å²) in [5.74, 6) is 0.911. The Labute approximate surface area is 115 Å². The van der Waals surface area contributed by atoms with Gasteiger partial charge in [0.1, 0.15) is 11.1 Å². The summed E-state index contributed by atoms with van der Waals surface area (Å²) in [6, 6.07) is 0.178. The monoisotopic (exact) mass is 287 g/mol. The minimum atomic E-state index is -0.725. The van der Waals surface area contributed by atoms with Crippen LogP contribution in [-0.2, 0) is 10.2 Å². The number of rotatable bonds is 3. The van der Waals surface area contributed by atoms with Crippen LogP contribution in [0.3, 0.4) is 0 Å². The fraction of sp³-hybridized carbons (Fsp3) is 0.727. The summed E-state index contributed by atoms with van der Waals surface area (Å²) in [6.45, 7) is 6.22. The smallest absolute Gasteiger partial charge is 0.316 e. The fourth-order valence-electron chi connectivity index (χ4n) is 1.66. The maximum absolute atomic E-state index is 10.9. The Morgan fingerprint density at radius 3 is 2.72 bits per heavy atom. The molecule has 0 spiro atoms. The molecule has 0 unspecified atom stereocenters. The van der Waals surface area contributed by atoms with Gasteiger partial charge in [-0.25, -0.2) is 4.98 Å². The van der Waals surface area contributed by atoms with Crippen molar-refractivity contribution in [3.63, 3.8) is 0 Å². The van der Waals surface area contributed by atoms with E-state index in [0.29, 0.717) is 6.42 Å². The van der Waals surface area contributed by atoms with Gasteiger partial charge in [0.25, 0.3) is 0 Å². The molecule has 0 radical (unpaired) electrons. The molecule has 1 aromatic rings. The fourth-order valence-corrected chi connectivity index (χ4v) is 3.69. The van der Waals surface area contributed by atoms with Crippen LogP contribution in [0.4, 0.5) is 5.13 Å². The summed E-state index contributed by atoms with van der Waals surface area (Å²) in [7, 11) is 0. The van der Waals surface area contributed by atoms with E-state index in [9.17, 15) is 4.79 Å². The lowest BCUT2D eigenvalue weighted by Crippen LogP contribution is -2.22. The molecule has 2 heterocycles. The predicted molar refractivity (Wildman–Crippen MR) is 74.5 cm³/mol. The Hall–Kier alpha value is -0.820. The van der Waals surface area contributed by atoms with Crippen molar-refractivity contribution in [1.82, 2.24) is 9.36 Å². The van der Waals surface area contributed by atoms with Crippen molar-refractivity contribution in [3.8, 4) is 0 Å². The molecule has 0 aliphatic carbocycles. The van der Waals surface area contributed by atoms with Gasteiger partial charge in [-0.05, 0) is 6.42 Å². The molecule has 1 fully saturated rings. The van der Waals surface area contributed by atoms with Crippen molar-refractivity contribution in [1.29, 1.82) is 0 Å². The van der Waals surface area contributed by atoms with Crippen molar-refractivity contribution in [2.24, 2.45) is 0 Å². The summed E-state index contributed by atoms with van der Waals surface area (Å²) in [5.41, 5.74) is -0.0511. The molecule has 5 nitrogen and oxygen atoms in total. The van der Waals surface area contributed by atoms with E-state index in [1.165, 1.54) is 23.3 Å². The minimum absolute atomic E-state index is 0.0511. The number of nitrogens with zero attached hydrogens (tertiary/aromatic N) is 2. The molecule has 100 valence electrons. The lowest BCUT2D eigenvalue weighted by molar-refractivity contribution is -0.136. The SMILES string of the molecule is CC(C)(C)c1nsc(N[C@@H]2CS[C@H](C(=O)O)C2)n1. The molecule has 7 heteroatoms. The van der Waals surface area contributed by atoms with Crippen molar-refractivity contribution in [2.45, 2.75) is 43.9 Å². The van der Waals surface area contributed by atoms with Gasteiger partial charge < -0.3 is 10.4 Å². The molecular formula is C11H17N3O2S2. The molecule has 0 saturated carbocycles. The summed E-state index contributed by atoms with van der Waals surface area (Å²) < 4.78 is 4.33. The van der Waals surface area contributed by atoms with Crippen LogP contribution in [0.15, 0.2) is 0 Å². The van der Waals surface area contributed by atoms with E-state index in [1.807, 2.05) is 0 Å². The highest BCUT2D eigenvalue weighted by molar-refractivity contribution is 8.00. The molecular weight excluding hydrogens is 270 g/mol. The van der Waals surface area contributed by atoms with E-state index >= 15 is 0 Å². The van der Waals surface area contributed by atoms with Crippen LogP contribution >= 0.6 is 23.3 Å². The van der Waals surface area contributed by atoms with Gasteiger partial charge in [0.15, 0.2) is 0 Å². The van der Waals surface area contributed by atoms with Crippen molar-refractivity contribution < 1.29 is 9.90 Å². The van der Waals surface area contributed by atoms with Crippen LogP contribution in [0.25, 0.3) is 0 Å². The average Bonchev–Trinajstić information content (AvgIpc) is 2.85. The van der Waals surface area contributed by atoms with E-state index in [4.69, 9.17) is 5.11 Å². The number of aromatic nitrogens is 2. The molecule has 2 N–H and O–H groups in total. The Bertz CT molecular complexity index is 442. The van der Waals surface area contributed by atoms with Gasteiger partial charge in [0, 0.05) is 28.7 Å². The number of aliphatic carboxylic acids is 1. The topological polar surface area (TPSA) is 75.1 Å². The number of anilines is 1. The number of hydrogen-bond acceptors (Lipinski definition) is 6. The predicted octanol–water partition coefficient (Wildman–Crippen LogP) is 2.21. The number of carboxylic acid groups (broad SMARTS) is 1. The summed E-state index contributed by atoms with van der Waals surface area (Å²) in [4.78, 5) is 15.3. The number of nitrogens with one attached hydrogen (secondary N) is 1. The summed E-state index contributed by atoms with van der Waals surface area (Å²) in [6.07, 6.45) is 0.643. The Morgan fingerprint density at radius 2 is 2.22 bits per heavy atom. The minimum Gasteiger partial charge on any atom is -0.480 e. The van der Waals surface area contributed by atoms with Crippen LogP contribution in [-0.4, -0.2) is 37.5 Å². The molecule has 2 atom stereocenters. The maximum atomic E-state index is 10.9. The number of hydrogen-bond donors (Lipinski definition) is 2. The van der Waals surface area contributed by atoms with Gasteiger partial charge >= 0.3 is 5.97 Å². The lowest BCUT2D eigenvalue weighted by atomic mass is 9.96. The van der Waals surface area contributed by atoms with Gasteiger partial charge in [0.05, 0.1) is 0 Å². The van der Waals surface area contributed by atoms with Gasteiger partial charge in [-0.2, -0.15) is 4.37 Å². The lowest BCUT2D eigenvalue weighted by Gasteiger charge is -2.13. The summed E-state index contributed by atoms with van der Waals surface area (Å²) >= 11 is 2.83. The van der Waals surface area contributed by atoms with Crippen LogP contribution in [0.2, 0.25) is 0 Å². The van der Waals surface area contributed by atoms with E-state index in [-0.39, 0.29) is 16.7 Å². The maximum Gasteiger partial charge on any atom is 0.316 e. The third-order valence-electron chi connectivity index (χ3n) is 2.70. The molecule has 1 aliphatic rings. The second kappa shape index (κ2) is 5.05. The second-order valence-electron chi connectivity index (χ2n) is 5.41. The van der Waals surface area contributed by atoms with Gasteiger partial charge in [-0.1, -0.05) is 20.8 Å². The first kappa shape index (κ1) is 13.6. The summed E-state index contributed by atoms with van der Waals surface area (Å²) in [5, 5.41) is 12.7. The third-order valence-corrected chi connectivity index (χ3v) is 4.73. The van der Waals surface area contributed by atoms with E-state index in [2.05, 4.69) is 35.4 Å². The van der Waals surface area contributed by atoms with Gasteiger partial charge in [-0.3, -0.25) is 4.79 Å². The van der Waals surface area contributed by atoms with Crippen LogP contribution in [0.5, 0.6) is 0 Å². The molecule has 1 saturated heterocycles. The first-order valence-electron chi connectivity index (χ1n) is 5.81. The van der Waals surface area contributed by atoms with Gasteiger partial charge in [-0.15, -0.1) is 11.8 Å². The quantitative estimate of drug-likeness (QED) is 0.887. The zero-order valence-electron chi connectivity index (χ0n) is 10.6. The zero-order chi connectivity index (χ0) is 13.3. The molecule has 18 heavy (non-hydrogen) atoms. The molecule has 2 rings (SSSR count). The van der Waals surface area contributed by atoms with Crippen molar-refractivity contribution in [2.75, 3.05) is 11.1 Å². The highest BCUT2D eigenvalue weighted by Crippen LogP contribution is 2.30. The van der Waals surface area contributed by atoms with Crippen LogP contribution in [0, 0.1) is 0 Å². The van der Waals surface area contributed by atoms with Crippen LogP contribution < -0.4 is 5.32 Å². The Morgan fingerprint density at radius 1 is 1.50 bits per heavy atom. The zero-order valence-corrected chi connectivity index (χ0v) is 12.3. The number of thioether (sulfide) groups is 1. The highest BCUT2D eigenvalue weighted by Gasteiger charge is 2.31. The number of carbonyl (C=O) groups is 1. The Kier molecular flexibility index (Phi) is 3.82. The first-order chi connectivity index (χ1) is 8.36. The van der Waals surface area contributed by atoms with E-state index < -0.39 is 5.97 Å².